The summed E-state index contributed by atoms with van der Waals surface area (Å²) in [6, 6.07) is 0. The highest BCUT2D eigenvalue weighted by atomic mass is 35.5. The summed E-state index contributed by atoms with van der Waals surface area (Å²) in [4.78, 5) is 73.2. The molecule has 6 rings (SSSR count). The molecular formula is C69H112Cl4N14O6. The van der Waals surface area contributed by atoms with Gasteiger partial charge in [-0.05, 0) is 73.3 Å². The Hall–Kier alpha value is -5.18. The molecule has 6 heterocycles. The lowest BCUT2D eigenvalue weighted by Crippen LogP contribution is -2.13. The minimum Gasteiger partial charge on any atom is -0.469 e. The summed E-state index contributed by atoms with van der Waals surface area (Å²) >= 11 is 24.0. The largest absolute Gasteiger partial charge is 0.469 e. The van der Waals surface area contributed by atoms with Crippen LogP contribution in [0.3, 0.4) is 0 Å². The first kappa shape index (κ1) is 80.3. The molecular weight excluding hydrogens is 1260 g/mol. The lowest BCUT2D eigenvalue weighted by atomic mass is 10.0. The molecule has 20 nitrogen and oxygen atoms in total. The molecule has 6 aromatic heterocycles. The van der Waals surface area contributed by atoms with Crippen molar-refractivity contribution in [3.8, 4) is 0 Å². The van der Waals surface area contributed by atoms with E-state index in [0.717, 1.165) is 106 Å². The molecule has 0 bridgehead atoms. The molecule has 0 aliphatic rings. The number of esters is 3. The fourth-order valence-electron chi connectivity index (χ4n) is 11.6. The summed E-state index contributed by atoms with van der Waals surface area (Å²) in [5.41, 5.74) is 4.52. The number of hydrogen-bond acceptors (Lipinski definition) is 17. The lowest BCUT2D eigenvalue weighted by Gasteiger charge is -2.14. The van der Waals surface area contributed by atoms with Crippen LogP contribution in [0.2, 0.25) is 21.0 Å². The molecule has 0 amide bonds. The number of fused-ring (bicyclic) bond motifs is 3. The molecule has 93 heavy (non-hydrogen) atoms. The van der Waals surface area contributed by atoms with Crippen molar-refractivity contribution in [2.24, 2.45) is 0 Å². The van der Waals surface area contributed by atoms with Crippen LogP contribution in [-0.4, -0.2) is 119 Å². The SMILES string of the molecule is CNc1nc(Cl)nc2ncn(CCCCCCCCCCCCCCCC(=O)OC)c12.COC(=O)CCCCCCCCCCCCCCCn1cnc2nc(Cl)nc(Cl)c21.COC(=O)CCCCCCCCCCCCCCCn1cnc2nc(Cl)nc(N(C)C)c21. The average Bonchev–Trinajstić information content (AvgIpc) is 1.73. The minimum absolute atomic E-state index is 0.0846. The van der Waals surface area contributed by atoms with Crippen molar-refractivity contribution in [1.82, 2.24) is 58.6 Å². The van der Waals surface area contributed by atoms with E-state index in [0.29, 0.717) is 41.4 Å². The molecule has 1 N–H and O–H groups in total. The Balaban J connectivity index is 0.000000297. The summed E-state index contributed by atoms with van der Waals surface area (Å²) in [5.74, 6) is 1.29. The number of nitrogens with zero attached hydrogens (tertiary/aromatic N) is 13. The zero-order valence-electron chi connectivity index (χ0n) is 57.3. The monoisotopic (exact) mass is 1370 g/mol. The van der Waals surface area contributed by atoms with Gasteiger partial charge >= 0.3 is 17.9 Å². The van der Waals surface area contributed by atoms with Crippen LogP contribution in [0, 0.1) is 0 Å². The third-order valence-electron chi connectivity index (χ3n) is 17.0. The zero-order valence-corrected chi connectivity index (χ0v) is 60.4. The topological polar surface area (TPSA) is 225 Å². The number of methoxy groups -OCH3 is 3. The summed E-state index contributed by atoms with van der Waals surface area (Å²) in [7, 11) is 10.1. The number of imidazole rings is 3. The number of anilines is 2. The number of hydrogen-bond donors (Lipinski definition) is 1. The van der Waals surface area contributed by atoms with Gasteiger partial charge in [-0.25, -0.2) is 19.9 Å². The van der Waals surface area contributed by atoms with E-state index in [1.807, 2.05) is 43.3 Å². The lowest BCUT2D eigenvalue weighted by molar-refractivity contribution is -0.141. The quantitative estimate of drug-likeness (QED) is 0.0123. The third-order valence-corrected chi connectivity index (χ3v) is 17.7. The predicted molar refractivity (Wildman–Crippen MR) is 380 cm³/mol. The van der Waals surface area contributed by atoms with E-state index >= 15 is 0 Å². The van der Waals surface area contributed by atoms with Crippen LogP contribution in [0.5, 0.6) is 0 Å². The Morgan fingerprint density at radius 3 is 0.935 bits per heavy atom. The number of carbonyl (C=O) groups excluding carboxylic acids is 3. The summed E-state index contributed by atoms with van der Waals surface area (Å²) in [5, 5.41) is 4.04. The van der Waals surface area contributed by atoms with Crippen LogP contribution in [-0.2, 0) is 48.2 Å². The normalized spacial score (nSPS) is 11.2. The number of rotatable bonds is 50. The molecule has 0 aliphatic heterocycles. The maximum Gasteiger partial charge on any atom is 0.305 e. The first-order valence-corrected chi connectivity index (χ1v) is 36.7. The van der Waals surface area contributed by atoms with Gasteiger partial charge in [0, 0.05) is 60.0 Å². The fraction of sp³-hybridized carbons (Fsp3) is 0.739. The van der Waals surface area contributed by atoms with Gasteiger partial charge in [0.05, 0.1) is 40.3 Å². The number of unbranched alkanes of at least 4 members (excludes halogenated alkanes) is 36. The van der Waals surface area contributed by atoms with Crippen molar-refractivity contribution in [2.45, 2.75) is 289 Å². The molecule has 6 aromatic rings. The van der Waals surface area contributed by atoms with Crippen LogP contribution in [0.15, 0.2) is 19.0 Å². The molecule has 0 saturated heterocycles. The number of halogens is 4. The highest BCUT2D eigenvalue weighted by molar-refractivity contribution is 6.35. The van der Waals surface area contributed by atoms with E-state index in [1.165, 1.54) is 214 Å². The Kier molecular flexibility index (Phi) is 43.4. The van der Waals surface area contributed by atoms with Gasteiger partial charge in [0.2, 0.25) is 15.9 Å². The Bertz CT molecular complexity index is 2980. The Labute approximate surface area is 575 Å². The second kappa shape index (κ2) is 50.2. The maximum atomic E-state index is 11.0. The van der Waals surface area contributed by atoms with E-state index in [1.54, 1.807) is 6.33 Å². The van der Waals surface area contributed by atoms with Crippen LogP contribution in [0.1, 0.15) is 270 Å². The first-order valence-electron chi connectivity index (χ1n) is 35.2. The van der Waals surface area contributed by atoms with Gasteiger partial charge in [0.1, 0.15) is 16.6 Å². The Morgan fingerprint density at radius 1 is 0.366 bits per heavy atom. The highest BCUT2D eigenvalue weighted by Crippen LogP contribution is 2.27. The third kappa shape index (κ3) is 33.9. The van der Waals surface area contributed by atoms with Gasteiger partial charge in [-0.2, -0.15) is 24.9 Å². The molecule has 522 valence electrons. The summed E-state index contributed by atoms with van der Waals surface area (Å²) in [6.07, 6.45) is 55.8. The Morgan fingerprint density at radius 2 is 0.624 bits per heavy atom. The molecule has 0 atom stereocenters. The van der Waals surface area contributed by atoms with Crippen molar-refractivity contribution in [3.05, 3.63) is 40.0 Å². The van der Waals surface area contributed by atoms with E-state index in [2.05, 4.69) is 73.5 Å². The number of ether oxygens (including phenoxy) is 3. The van der Waals surface area contributed by atoms with Crippen LogP contribution >= 0.6 is 46.4 Å². The fourth-order valence-corrected chi connectivity index (χ4v) is 12.4. The minimum atomic E-state index is -0.0883. The van der Waals surface area contributed by atoms with Crippen molar-refractivity contribution < 1.29 is 28.6 Å². The summed E-state index contributed by atoms with van der Waals surface area (Å²) in [6.45, 7) is 2.73. The second-order valence-electron chi connectivity index (χ2n) is 24.7. The molecule has 0 spiro atoms. The zero-order chi connectivity index (χ0) is 67.1. The van der Waals surface area contributed by atoms with E-state index in [4.69, 9.17) is 46.4 Å². The van der Waals surface area contributed by atoms with E-state index in [9.17, 15) is 14.4 Å². The highest BCUT2D eigenvalue weighted by Gasteiger charge is 2.16. The molecule has 0 saturated carbocycles. The van der Waals surface area contributed by atoms with Crippen molar-refractivity contribution in [3.63, 3.8) is 0 Å². The van der Waals surface area contributed by atoms with E-state index < -0.39 is 0 Å². The first-order chi connectivity index (χ1) is 45.3. The number of carbonyl (C=O) groups is 3. The molecule has 0 aliphatic carbocycles. The molecule has 0 unspecified atom stereocenters. The summed E-state index contributed by atoms with van der Waals surface area (Å²) < 4.78 is 20.2. The van der Waals surface area contributed by atoms with Crippen molar-refractivity contribution in [2.75, 3.05) is 52.7 Å². The molecule has 24 heteroatoms. The van der Waals surface area contributed by atoms with Crippen LogP contribution in [0.4, 0.5) is 11.6 Å². The van der Waals surface area contributed by atoms with Crippen molar-refractivity contribution >= 4 is 109 Å². The van der Waals surface area contributed by atoms with Gasteiger partial charge in [0.25, 0.3) is 0 Å². The number of nitrogens with one attached hydrogen (secondary N) is 1. The maximum absolute atomic E-state index is 11.0. The standard InChI is InChI=1S/C24H40ClN5O2.C23H38ClN5O2.C22H34Cl2N4O2/c1-29(2)23-21-22(27-24(25)28-23)26-19-30(21)18-16-14-12-10-8-6-4-5-7-9-11-13-15-17-20(31)32-3;1-25-21-20-22(28-23(24)27-21)26-18-29(20)17-15-13-11-9-7-5-3-4-6-8-10-12-14-16-19(30)31-2;1-30-18(29)15-13-11-9-7-5-3-2-4-6-8-10-12-14-16-28-17-25-21-19(28)20(23)26-22(24)27-21/h19H,4-18H2,1-3H3;18H,3-17H2,1-2H3,(H,25,27,28);17H,2-16H2,1H3. The van der Waals surface area contributed by atoms with Crippen LogP contribution < -0.4 is 10.2 Å². The number of aromatic nitrogens is 12. The average molecular weight is 1380 g/mol. The predicted octanol–water partition coefficient (Wildman–Crippen LogP) is 19.1. The molecule has 0 aromatic carbocycles. The van der Waals surface area contributed by atoms with Gasteiger partial charge in [0.15, 0.2) is 33.7 Å². The van der Waals surface area contributed by atoms with Crippen molar-refractivity contribution in [1.29, 1.82) is 0 Å². The van der Waals surface area contributed by atoms with Crippen LogP contribution in [0.25, 0.3) is 33.5 Å². The van der Waals surface area contributed by atoms with Gasteiger partial charge in [-0.15, -0.1) is 0 Å². The number of aryl methyl sites for hydroxylation is 3. The van der Waals surface area contributed by atoms with Gasteiger partial charge < -0.3 is 38.1 Å². The van der Waals surface area contributed by atoms with Gasteiger partial charge in [-0.1, -0.05) is 223 Å². The molecule has 0 radical (unpaired) electrons. The smallest absolute Gasteiger partial charge is 0.305 e. The molecule has 0 fully saturated rings. The second-order valence-corrected chi connectivity index (χ2v) is 26.1. The van der Waals surface area contributed by atoms with E-state index in [-0.39, 0.29) is 33.8 Å². The van der Waals surface area contributed by atoms with Gasteiger partial charge in [-0.3, -0.25) is 14.4 Å².